The molecule has 0 unspecified atom stereocenters. The lowest BCUT2D eigenvalue weighted by Gasteiger charge is -2.11. The first-order chi connectivity index (χ1) is 10.4. The molecule has 1 aliphatic heterocycles. The molecule has 1 aliphatic carbocycles. The van der Waals surface area contributed by atoms with Gasteiger partial charge >= 0.3 is 0 Å². The molecule has 1 aromatic heterocycles. The molecule has 2 heterocycles. The summed E-state index contributed by atoms with van der Waals surface area (Å²) < 4.78 is 0.785. The molecule has 2 aliphatic rings. The number of hydrogen-bond acceptors (Lipinski definition) is 2. The maximum Gasteiger partial charge on any atom is 0.236 e. The highest BCUT2D eigenvalue weighted by Crippen LogP contribution is 2.77. The van der Waals surface area contributed by atoms with Crippen molar-refractivity contribution in [2.24, 2.45) is 5.41 Å². The fourth-order valence-corrected chi connectivity index (χ4v) is 4.69. The number of aromatic nitrogens is 1. The van der Waals surface area contributed by atoms with Crippen molar-refractivity contribution in [1.82, 2.24) is 4.98 Å². The van der Waals surface area contributed by atoms with Crippen molar-refractivity contribution >= 4 is 39.1 Å². The molecule has 0 radical (unpaired) electrons. The monoisotopic (exact) mass is 376 g/mol. The minimum absolute atomic E-state index is 0.0391. The van der Waals surface area contributed by atoms with Gasteiger partial charge in [-0.05, 0) is 57.2 Å². The summed E-state index contributed by atoms with van der Waals surface area (Å²) in [6, 6.07) is 11.4. The summed E-state index contributed by atoms with van der Waals surface area (Å²) >= 11 is 9.59. The summed E-state index contributed by atoms with van der Waals surface area (Å²) in [6.07, 6.45) is 0. The summed E-state index contributed by atoms with van der Waals surface area (Å²) in [5.74, 6) is 0.0822. The van der Waals surface area contributed by atoms with Crippen LogP contribution in [0.1, 0.15) is 31.0 Å². The van der Waals surface area contributed by atoms with Gasteiger partial charge in [-0.15, -0.1) is 0 Å². The summed E-state index contributed by atoms with van der Waals surface area (Å²) in [5.41, 5.74) is 1.99. The molecule has 112 valence electrons. The van der Waals surface area contributed by atoms with Crippen molar-refractivity contribution in [2.45, 2.75) is 25.2 Å². The second kappa shape index (κ2) is 4.33. The number of carbonyl (C=O) groups is 1. The Labute approximate surface area is 142 Å². The number of hydrogen-bond donors (Lipinski definition) is 1. The largest absolute Gasteiger partial charge is 0.325 e. The number of nitrogens with one attached hydrogen (secondary N) is 1. The number of fused-ring (bicyclic) bond motifs is 2. The molecule has 1 amide bonds. The average molecular weight is 378 g/mol. The molecule has 3 nitrogen and oxygen atoms in total. The highest BCUT2D eigenvalue weighted by Gasteiger charge is 2.79. The molecular weight excluding hydrogens is 364 g/mol. The number of anilines is 1. The fraction of sp³-hybridized carbons (Fsp3) is 0.294. The molecule has 1 saturated carbocycles. The van der Waals surface area contributed by atoms with E-state index in [1.807, 2.05) is 30.3 Å². The van der Waals surface area contributed by atoms with Gasteiger partial charge in [0.05, 0.1) is 5.41 Å². The number of carbonyl (C=O) groups excluding carboxylic acids is 1. The van der Waals surface area contributed by atoms with Gasteiger partial charge in [0.15, 0.2) is 0 Å². The predicted octanol–water partition coefficient (Wildman–Crippen LogP) is 4.51. The molecule has 0 saturated heterocycles. The second-order valence-electron chi connectivity index (χ2n) is 6.49. The van der Waals surface area contributed by atoms with Crippen molar-refractivity contribution in [1.29, 1.82) is 0 Å². The Morgan fingerprint density at radius 3 is 2.77 bits per heavy atom. The van der Waals surface area contributed by atoms with Crippen LogP contribution in [0.25, 0.3) is 0 Å². The Morgan fingerprint density at radius 2 is 2.05 bits per heavy atom. The first-order valence-corrected chi connectivity index (χ1v) is 8.30. The van der Waals surface area contributed by atoms with Gasteiger partial charge in [-0.2, -0.15) is 0 Å². The molecule has 1 N–H and O–H groups in total. The van der Waals surface area contributed by atoms with E-state index in [9.17, 15) is 4.79 Å². The first-order valence-electron chi connectivity index (χ1n) is 7.13. The summed E-state index contributed by atoms with van der Waals surface area (Å²) in [5, 5.41) is 3.66. The van der Waals surface area contributed by atoms with Crippen molar-refractivity contribution in [3.05, 3.63) is 57.3 Å². The molecule has 1 aromatic carbocycles. The number of pyridine rings is 1. The molecule has 2 atom stereocenters. The topological polar surface area (TPSA) is 42.0 Å². The van der Waals surface area contributed by atoms with Crippen LogP contribution in [0.4, 0.5) is 5.69 Å². The fourth-order valence-electron chi connectivity index (χ4n) is 4.16. The van der Waals surface area contributed by atoms with Gasteiger partial charge in [0.25, 0.3) is 0 Å². The molecule has 0 bridgehead atoms. The third-order valence-corrected chi connectivity index (χ3v) is 5.81. The zero-order valence-electron chi connectivity index (χ0n) is 12.2. The van der Waals surface area contributed by atoms with E-state index in [1.54, 1.807) is 6.07 Å². The van der Waals surface area contributed by atoms with E-state index in [-0.39, 0.29) is 17.2 Å². The van der Waals surface area contributed by atoms with Gasteiger partial charge in [0.1, 0.15) is 4.60 Å². The average Bonchev–Trinajstić information content (AvgIpc) is 2.84. The molecule has 5 heteroatoms. The minimum Gasteiger partial charge on any atom is -0.325 e. The van der Waals surface area contributed by atoms with Crippen molar-refractivity contribution in [2.75, 3.05) is 5.32 Å². The third-order valence-electron chi connectivity index (χ3n) is 5.13. The van der Waals surface area contributed by atoms with Gasteiger partial charge in [0, 0.05) is 22.3 Å². The van der Waals surface area contributed by atoms with Crippen molar-refractivity contribution in [3.8, 4) is 0 Å². The van der Waals surface area contributed by atoms with Crippen LogP contribution in [0.2, 0.25) is 5.02 Å². The third kappa shape index (κ3) is 1.57. The Kier molecular flexibility index (Phi) is 2.80. The minimum atomic E-state index is -0.582. The van der Waals surface area contributed by atoms with Crippen LogP contribution in [0.3, 0.4) is 0 Å². The van der Waals surface area contributed by atoms with Crippen molar-refractivity contribution in [3.63, 3.8) is 0 Å². The second-order valence-corrected chi connectivity index (χ2v) is 7.74. The van der Waals surface area contributed by atoms with E-state index in [1.165, 1.54) is 0 Å². The van der Waals surface area contributed by atoms with Crippen LogP contribution in [-0.4, -0.2) is 10.9 Å². The first kappa shape index (κ1) is 14.2. The van der Waals surface area contributed by atoms with Crippen LogP contribution in [0.15, 0.2) is 41.0 Å². The molecule has 1 fully saturated rings. The van der Waals surface area contributed by atoms with Crippen molar-refractivity contribution < 1.29 is 4.79 Å². The van der Waals surface area contributed by atoms with Crippen LogP contribution in [0.5, 0.6) is 0 Å². The molecule has 22 heavy (non-hydrogen) atoms. The lowest BCUT2D eigenvalue weighted by molar-refractivity contribution is -0.118. The molecule has 2 aromatic rings. The van der Waals surface area contributed by atoms with Gasteiger partial charge in [-0.1, -0.05) is 31.5 Å². The summed E-state index contributed by atoms with van der Waals surface area (Å²) in [4.78, 5) is 17.4. The Morgan fingerprint density at radius 1 is 1.27 bits per heavy atom. The van der Waals surface area contributed by atoms with Crippen LogP contribution in [-0.2, 0) is 10.2 Å². The van der Waals surface area contributed by atoms with E-state index in [0.29, 0.717) is 5.02 Å². The van der Waals surface area contributed by atoms with Gasteiger partial charge in [-0.25, -0.2) is 4.98 Å². The lowest BCUT2D eigenvalue weighted by Crippen LogP contribution is -2.25. The zero-order chi connectivity index (χ0) is 15.7. The Hall–Kier alpha value is -1.39. The summed E-state index contributed by atoms with van der Waals surface area (Å²) in [7, 11) is 0. The maximum absolute atomic E-state index is 12.8. The Bertz CT molecular complexity index is 820. The van der Waals surface area contributed by atoms with E-state index >= 15 is 0 Å². The number of halogens is 2. The van der Waals surface area contributed by atoms with E-state index in [4.69, 9.17) is 11.6 Å². The van der Waals surface area contributed by atoms with Gasteiger partial charge in [0.2, 0.25) is 5.91 Å². The maximum atomic E-state index is 12.8. The quantitative estimate of drug-likeness (QED) is 0.743. The molecule has 4 rings (SSSR count). The van der Waals surface area contributed by atoms with Gasteiger partial charge < -0.3 is 5.32 Å². The normalized spacial score (nSPS) is 27.6. The number of rotatable bonds is 1. The van der Waals surface area contributed by atoms with Crippen LogP contribution >= 0.6 is 27.5 Å². The van der Waals surface area contributed by atoms with Crippen LogP contribution < -0.4 is 5.32 Å². The highest BCUT2D eigenvalue weighted by atomic mass is 79.9. The van der Waals surface area contributed by atoms with E-state index in [0.717, 1.165) is 21.5 Å². The predicted molar refractivity (Wildman–Crippen MR) is 90.2 cm³/mol. The highest BCUT2D eigenvalue weighted by molar-refractivity contribution is 9.10. The van der Waals surface area contributed by atoms with E-state index < -0.39 is 5.41 Å². The SMILES string of the molecule is CC1(C)[C@H](c2cccc(Br)n2)[C@@]12C(=O)Nc1ccc(Cl)cc12. The van der Waals surface area contributed by atoms with Crippen LogP contribution in [0, 0.1) is 5.41 Å². The lowest BCUT2D eigenvalue weighted by atomic mass is 9.89. The number of nitrogens with zero attached hydrogens (tertiary/aromatic N) is 1. The standard InChI is InChI=1S/C17H14BrClN2O/c1-16(2)14(12-4-3-5-13(18)20-12)17(16)10-8-9(19)6-7-11(10)21-15(17)22/h3-8,14H,1-2H3,(H,21,22)/t14-,17-/m0/s1. The number of benzene rings is 1. The zero-order valence-corrected chi connectivity index (χ0v) is 14.5. The molecule has 1 spiro atoms. The van der Waals surface area contributed by atoms with Gasteiger partial charge in [-0.3, -0.25) is 4.79 Å². The molecular formula is C17H14BrClN2O. The number of amides is 1. The van der Waals surface area contributed by atoms with E-state index in [2.05, 4.69) is 40.1 Å². The Balaban J connectivity index is 1.92. The smallest absolute Gasteiger partial charge is 0.236 e. The summed E-state index contributed by atoms with van der Waals surface area (Å²) in [6.45, 7) is 4.24.